The van der Waals surface area contributed by atoms with Crippen LogP contribution in [0.4, 0.5) is 11.4 Å². The second-order valence-corrected chi connectivity index (χ2v) is 4.12. The van der Waals surface area contributed by atoms with Crippen molar-refractivity contribution in [3.63, 3.8) is 0 Å². The lowest BCUT2D eigenvalue weighted by atomic mass is 10.2. The van der Waals surface area contributed by atoms with Gasteiger partial charge in [0.15, 0.2) is 5.75 Å². The largest absolute Gasteiger partial charge is 0.491 e. The lowest BCUT2D eigenvalue weighted by molar-refractivity contribution is 0.408. The summed E-state index contributed by atoms with van der Waals surface area (Å²) in [7, 11) is 1.36. The molecule has 0 saturated heterocycles. The molecule has 4 nitrogen and oxygen atoms in total. The maximum Gasteiger partial charge on any atom is 0.272 e. The zero-order chi connectivity index (χ0) is 11.7. The summed E-state index contributed by atoms with van der Waals surface area (Å²) in [4.78, 5) is 22.3. The van der Waals surface area contributed by atoms with E-state index >= 15 is 0 Å². The number of ether oxygens (including phenoxy) is 1. The molecule has 82 valence electrons. The fourth-order valence-electron chi connectivity index (χ4n) is 1.39. The summed E-state index contributed by atoms with van der Waals surface area (Å²) >= 11 is 3.31. The smallest absolute Gasteiger partial charge is 0.272 e. The highest BCUT2D eigenvalue weighted by Crippen LogP contribution is 2.23. The molecule has 0 atom stereocenters. The van der Waals surface area contributed by atoms with Gasteiger partial charge in [-0.2, -0.15) is 0 Å². The van der Waals surface area contributed by atoms with Crippen LogP contribution in [0.25, 0.3) is 0 Å². The third kappa shape index (κ3) is 1.74. The fraction of sp³-hybridized carbons (Fsp3) is 0.0909. The maximum absolute atomic E-state index is 11.3. The molecule has 0 aliphatic carbocycles. The second-order valence-electron chi connectivity index (χ2n) is 3.20. The average Bonchev–Trinajstić information content (AvgIpc) is 2.28. The van der Waals surface area contributed by atoms with Gasteiger partial charge in [-0.1, -0.05) is 22.0 Å². The zero-order valence-corrected chi connectivity index (χ0v) is 10.00. The maximum atomic E-state index is 11.3. The van der Waals surface area contributed by atoms with Crippen molar-refractivity contribution in [1.29, 1.82) is 0 Å². The van der Waals surface area contributed by atoms with Crippen molar-refractivity contribution < 1.29 is 4.74 Å². The normalized spacial score (nSPS) is 10.4. The Labute approximate surface area is 99.7 Å². The topological polar surface area (TPSA) is 55.4 Å². The minimum atomic E-state index is -0.583. The predicted molar refractivity (Wildman–Crippen MR) is 65.3 cm³/mol. The van der Waals surface area contributed by atoms with Gasteiger partial charge in [-0.15, -0.1) is 0 Å². The van der Waals surface area contributed by atoms with Crippen molar-refractivity contribution in [1.82, 2.24) is 0 Å². The molecule has 0 aliphatic rings. The Bertz CT molecular complexity index is 599. The molecule has 16 heavy (non-hydrogen) atoms. The van der Waals surface area contributed by atoms with Crippen LogP contribution < -0.4 is 20.9 Å². The van der Waals surface area contributed by atoms with Gasteiger partial charge in [0.05, 0.1) is 7.11 Å². The minimum absolute atomic E-state index is 0.0879. The first-order valence-electron chi connectivity index (χ1n) is 4.53. The van der Waals surface area contributed by atoms with Crippen LogP contribution in [0.15, 0.2) is 38.3 Å². The average molecular weight is 282 g/mol. The first-order chi connectivity index (χ1) is 7.63. The van der Waals surface area contributed by atoms with Crippen LogP contribution in [0, 0.1) is 0 Å². The molecule has 0 heterocycles. The summed E-state index contributed by atoms with van der Waals surface area (Å²) in [5.41, 5.74) is -0.192. The molecular formula is C11H8BrNO3. The Hall–Kier alpha value is -1.62. The van der Waals surface area contributed by atoms with Gasteiger partial charge in [0.2, 0.25) is 0 Å². The van der Waals surface area contributed by atoms with Gasteiger partial charge >= 0.3 is 0 Å². The van der Waals surface area contributed by atoms with E-state index in [1.807, 2.05) is 12.1 Å². The fourth-order valence-corrected chi connectivity index (χ4v) is 1.79. The van der Waals surface area contributed by atoms with Gasteiger partial charge in [0.25, 0.3) is 10.9 Å². The van der Waals surface area contributed by atoms with Gasteiger partial charge in [-0.25, -0.2) is 0 Å². The number of anilines is 2. The molecule has 2 aromatic carbocycles. The van der Waals surface area contributed by atoms with E-state index in [9.17, 15) is 9.59 Å². The SMILES string of the molecule is COc1c(Nc2cccc(Br)c2)c(=O)c1=O. The third-order valence-electron chi connectivity index (χ3n) is 2.16. The molecule has 2 aromatic rings. The van der Waals surface area contributed by atoms with Crippen molar-refractivity contribution in [2.75, 3.05) is 12.4 Å². The third-order valence-corrected chi connectivity index (χ3v) is 2.66. The van der Waals surface area contributed by atoms with Gasteiger partial charge in [0, 0.05) is 10.2 Å². The molecule has 5 heteroatoms. The molecule has 0 aromatic heterocycles. The number of methoxy groups -OCH3 is 1. The summed E-state index contributed by atoms with van der Waals surface area (Å²) in [6, 6.07) is 7.28. The lowest BCUT2D eigenvalue weighted by Crippen LogP contribution is -2.34. The van der Waals surface area contributed by atoms with E-state index in [0.717, 1.165) is 10.2 Å². The molecule has 1 N–H and O–H groups in total. The van der Waals surface area contributed by atoms with E-state index in [2.05, 4.69) is 21.2 Å². The van der Waals surface area contributed by atoms with Crippen LogP contribution in [0.2, 0.25) is 0 Å². The molecule has 0 radical (unpaired) electrons. The molecule has 0 unspecified atom stereocenters. The van der Waals surface area contributed by atoms with Gasteiger partial charge in [-0.3, -0.25) is 9.59 Å². The number of benzene rings is 1. The van der Waals surface area contributed by atoms with E-state index in [1.165, 1.54) is 7.11 Å². The lowest BCUT2D eigenvalue weighted by Gasteiger charge is -2.11. The Kier molecular flexibility index (Phi) is 2.78. The van der Waals surface area contributed by atoms with E-state index < -0.39 is 10.9 Å². The van der Waals surface area contributed by atoms with Gasteiger partial charge < -0.3 is 10.1 Å². The highest BCUT2D eigenvalue weighted by Gasteiger charge is 2.21. The Morgan fingerprint density at radius 2 is 2.00 bits per heavy atom. The summed E-state index contributed by atoms with van der Waals surface area (Å²) in [5, 5.41) is 2.85. The highest BCUT2D eigenvalue weighted by molar-refractivity contribution is 9.10. The van der Waals surface area contributed by atoms with Crippen molar-refractivity contribution in [3.05, 3.63) is 49.2 Å². The summed E-state index contributed by atoms with van der Waals surface area (Å²) in [6.45, 7) is 0. The van der Waals surface area contributed by atoms with Gasteiger partial charge in [-0.05, 0) is 18.2 Å². The predicted octanol–water partition coefficient (Wildman–Crippen LogP) is 1.80. The Morgan fingerprint density at radius 1 is 1.25 bits per heavy atom. The van der Waals surface area contributed by atoms with Crippen LogP contribution in [-0.4, -0.2) is 7.11 Å². The standard InChI is InChI=1S/C11H8BrNO3/c1-16-11-8(9(14)10(11)15)13-7-4-2-3-6(12)5-7/h2-5,13H,1H3. The van der Waals surface area contributed by atoms with Gasteiger partial charge in [0.1, 0.15) is 5.69 Å². The van der Waals surface area contributed by atoms with Crippen LogP contribution in [0.1, 0.15) is 0 Å². The monoisotopic (exact) mass is 281 g/mol. The van der Waals surface area contributed by atoms with E-state index in [1.54, 1.807) is 12.1 Å². The molecule has 0 spiro atoms. The zero-order valence-electron chi connectivity index (χ0n) is 8.41. The Morgan fingerprint density at radius 3 is 2.62 bits per heavy atom. The van der Waals surface area contributed by atoms with Crippen molar-refractivity contribution in [2.45, 2.75) is 0 Å². The Balaban J connectivity index is 2.32. The van der Waals surface area contributed by atoms with Crippen molar-refractivity contribution in [3.8, 4) is 5.75 Å². The first kappa shape index (κ1) is 10.9. The molecule has 0 bridgehead atoms. The summed E-state index contributed by atoms with van der Waals surface area (Å²) in [5.74, 6) is 0.0879. The molecule has 0 aliphatic heterocycles. The molecular weight excluding hydrogens is 274 g/mol. The van der Waals surface area contributed by atoms with Crippen molar-refractivity contribution >= 4 is 27.3 Å². The molecule has 2 rings (SSSR count). The van der Waals surface area contributed by atoms with Crippen LogP contribution in [0.3, 0.4) is 0 Å². The van der Waals surface area contributed by atoms with Crippen LogP contribution in [-0.2, 0) is 0 Å². The highest BCUT2D eigenvalue weighted by atomic mass is 79.9. The van der Waals surface area contributed by atoms with Crippen molar-refractivity contribution in [2.24, 2.45) is 0 Å². The minimum Gasteiger partial charge on any atom is -0.491 e. The molecule has 0 amide bonds. The number of rotatable bonds is 3. The second kappa shape index (κ2) is 4.09. The van der Waals surface area contributed by atoms with Crippen LogP contribution in [0.5, 0.6) is 5.75 Å². The number of nitrogens with one attached hydrogen (secondary N) is 1. The summed E-state index contributed by atoms with van der Waals surface area (Å²) in [6.07, 6.45) is 0. The van der Waals surface area contributed by atoms with E-state index in [0.29, 0.717) is 0 Å². The van der Waals surface area contributed by atoms with E-state index in [-0.39, 0.29) is 11.4 Å². The van der Waals surface area contributed by atoms with Crippen LogP contribution >= 0.6 is 15.9 Å². The van der Waals surface area contributed by atoms with E-state index in [4.69, 9.17) is 4.74 Å². The summed E-state index contributed by atoms with van der Waals surface area (Å²) < 4.78 is 5.70. The molecule has 0 fully saturated rings. The number of hydrogen-bond donors (Lipinski definition) is 1. The number of hydrogen-bond acceptors (Lipinski definition) is 4. The number of halogens is 1. The first-order valence-corrected chi connectivity index (χ1v) is 5.32. The quantitative estimate of drug-likeness (QED) is 0.872. The molecule has 0 saturated carbocycles.